The van der Waals surface area contributed by atoms with Crippen molar-refractivity contribution in [3.8, 4) is 0 Å². The van der Waals surface area contributed by atoms with Gasteiger partial charge in [-0.1, -0.05) is 60.1 Å². The lowest BCUT2D eigenvalue weighted by Crippen LogP contribution is -2.40. The van der Waals surface area contributed by atoms with Crippen LogP contribution in [0.25, 0.3) is 0 Å². The van der Waals surface area contributed by atoms with Gasteiger partial charge in [0.1, 0.15) is 0 Å². The van der Waals surface area contributed by atoms with Crippen LogP contribution >= 0.6 is 15.9 Å². The zero-order valence-corrected chi connectivity index (χ0v) is 12.9. The Labute approximate surface area is 118 Å². The lowest BCUT2D eigenvalue weighted by atomic mass is 9.97. The van der Waals surface area contributed by atoms with Gasteiger partial charge in [-0.05, 0) is 24.8 Å². The first kappa shape index (κ1) is 15.2. The van der Waals surface area contributed by atoms with E-state index in [-0.39, 0.29) is 17.9 Å². The number of benzene rings is 1. The van der Waals surface area contributed by atoms with Gasteiger partial charge in [-0.3, -0.25) is 4.79 Å². The number of hydrogen-bond donors (Lipinski definition) is 1. The quantitative estimate of drug-likeness (QED) is 0.797. The maximum atomic E-state index is 12.2. The van der Waals surface area contributed by atoms with E-state index in [1.54, 1.807) is 0 Å². The molecule has 0 spiro atoms. The van der Waals surface area contributed by atoms with Crippen LogP contribution < -0.4 is 5.32 Å². The lowest BCUT2D eigenvalue weighted by molar-refractivity contribution is -0.123. The monoisotopic (exact) mass is 311 g/mol. The highest BCUT2D eigenvalue weighted by atomic mass is 79.9. The van der Waals surface area contributed by atoms with Crippen LogP contribution in [0.1, 0.15) is 38.7 Å². The van der Waals surface area contributed by atoms with Crippen LogP contribution in [-0.4, -0.2) is 17.3 Å². The number of rotatable bonds is 6. The highest BCUT2D eigenvalue weighted by Gasteiger charge is 2.20. The second-order valence-electron chi connectivity index (χ2n) is 4.97. The van der Waals surface area contributed by atoms with Gasteiger partial charge in [0, 0.05) is 11.4 Å². The fraction of sp³-hybridized carbons (Fsp3) is 0.533. The van der Waals surface area contributed by atoms with Crippen molar-refractivity contribution in [2.45, 2.75) is 39.2 Å². The summed E-state index contributed by atoms with van der Waals surface area (Å²) in [5.41, 5.74) is 1.07. The molecule has 100 valence electrons. The fourth-order valence-corrected chi connectivity index (χ4v) is 2.38. The zero-order chi connectivity index (χ0) is 13.5. The second-order valence-corrected chi connectivity index (χ2v) is 5.76. The zero-order valence-electron chi connectivity index (χ0n) is 11.3. The van der Waals surface area contributed by atoms with E-state index in [1.165, 1.54) is 0 Å². The Morgan fingerprint density at radius 3 is 2.33 bits per heavy atom. The number of carbonyl (C=O) groups is 1. The van der Waals surface area contributed by atoms with Crippen molar-refractivity contribution < 1.29 is 4.79 Å². The molecule has 0 aliphatic carbocycles. The molecule has 0 saturated heterocycles. The molecule has 0 aliphatic rings. The molecular weight excluding hydrogens is 290 g/mol. The number of hydrogen-bond acceptors (Lipinski definition) is 1. The summed E-state index contributed by atoms with van der Waals surface area (Å²) in [4.78, 5) is 12.2. The Kier molecular flexibility index (Phi) is 6.41. The highest BCUT2D eigenvalue weighted by molar-refractivity contribution is 9.09. The molecule has 2 atom stereocenters. The van der Waals surface area contributed by atoms with Crippen LogP contribution in [0, 0.1) is 5.92 Å². The summed E-state index contributed by atoms with van der Waals surface area (Å²) in [6.45, 7) is 6.23. The van der Waals surface area contributed by atoms with E-state index in [0.29, 0.717) is 5.92 Å². The molecule has 18 heavy (non-hydrogen) atoms. The molecule has 0 radical (unpaired) electrons. The second kappa shape index (κ2) is 7.57. The minimum absolute atomic E-state index is 0.0947. The van der Waals surface area contributed by atoms with E-state index in [1.807, 2.05) is 37.3 Å². The first-order valence-electron chi connectivity index (χ1n) is 6.47. The molecule has 1 N–H and O–H groups in total. The Morgan fingerprint density at radius 2 is 1.83 bits per heavy atom. The summed E-state index contributed by atoms with van der Waals surface area (Å²) in [5.74, 6) is 0.470. The maximum Gasteiger partial charge on any atom is 0.227 e. The molecule has 1 aromatic carbocycles. The van der Waals surface area contributed by atoms with Crippen molar-refractivity contribution in [2.24, 2.45) is 5.92 Å². The van der Waals surface area contributed by atoms with Crippen LogP contribution in [0.4, 0.5) is 0 Å². The van der Waals surface area contributed by atoms with E-state index in [4.69, 9.17) is 0 Å². The van der Waals surface area contributed by atoms with Crippen LogP contribution in [0.3, 0.4) is 0 Å². The maximum absolute atomic E-state index is 12.2. The van der Waals surface area contributed by atoms with E-state index in [0.717, 1.165) is 17.3 Å². The van der Waals surface area contributed by atoms with Gasteiger partial charge < -0.3 is 5.32 Å². The molecule has 1 rings (SSSR count). The van der Waals surface area contributed by atoms with Gasteiger partial charge >= 0.3 is 0 Å². The summed E-state index contributed by atoms with van der Waals surface area (Å²) in [5, 5.41) is 4.06. The van der Waals surface area contributed by atoms with E-state index in [9.17, 15) is 4.79 Å². The van der Waals surface area contributed by atoms with Crippen molar-refractivity contribution in [1.29, 1.82) is 0 Å². The smallest absolute Gasteiger partial charge is 0.227 e. The number of alkyl halides is 1. The summed E-state index contributed by atoms with van der Waals surface area (Å²) in [7, 11) is 0. The Balaban J connectivity index is 2.64. The largest absolute Gasteiger partial charge is 0.353 e. The third-order valence-electron chi connectivity index (χ3n) is 3.25. The number of nitrogens with one attached hydrogen (secondary N) is 1. The minimum atomic E-state index is -0.0947. The van der Waals surface area contributed by atoms with E-state index >= 15 is 0 Å². The molecule has 2 unspecified atom stereocenters. The molecule has 0 aliphatic heterocycles. The van der Waals surface area contributed by atoms with Gasteiger partial charge in [-0.25, -0.2) is 0 Å². The first-order valence-corrected chi connectivity index (χ1v) is 7.59. The number of carbonyl (C=O) groups excluding carboxylic acids is 1. The summed E-state index contributed by atoms with van der Waals surface area (Å²) >= 11 is 3.44. The number of halogens is 1. The van der Waals surface area contributed by atoms with Crippen molar-refractivity contribution in [2.75, 3.05) is 5.33 Å². The molecule has 3 heteroatoms. The van der Waals surface area contributed by atoms with Crippen LogP contribution in [-0.2, 0) is 4.79 Å². The van der Waals surface area contributed by atoms with Crippen molar-refractivity contribution in [3.63, 3.8) is 0 Å². The molecule has 0 bridgehead atoms. The molecule has 0 saturated carbocycles. The molecule has 1 aromatic rings. The SMILES string of the molecule is CC(C(=O)NC(CCBr)C(C)C)c1ccccc1. The van der Waals surface area contributed by atoms with Crippen molar-refractivity contribution in [1.82, 2.24) is 5.32 Å². The lowest BCUT2D eigenvalue weighted by Gasteiger charge is -2.23. The summed E-state index contributed by atoms with van der Waals surface area (Å²) < 4.78 is 0. The molecule has 1 amide bonds. The van der Waals surface area contributed by atoms with Gasteiger partial charge in [0.15, 0.2) is 0 Å². The standard InChI is InChI=1S/C15H22BrNO/c1-11(2)14(9-10-16)17-15(18)12(3)13-7-5-4-6-8-13/h4-8,11-12,14H,9-10H2,1-3H3,(H,17,18). The Morgan fingerprint density at radius 1 is 1.22 bits per heavy atom. The topological polar surface area (TPSA) is 29.1 Å². The van der Waals surface area contributed by atoms with E-state index < -0.39 is 0 Å². The normalized spacial score (nSPS) is 14.3. The van der Waals surface area contributed by atoms with Crippen LogP contribution in [0.5, 0.6) is 0 Å². The molecule has 2 nitrogen and oxygen atoms in total. The third kappa shape index (κ3) is 4.45. The Bertz CT molecular complexity index is 364. The van der Waals surface area contributed by atoms with Gasteiger partial charge in [0.05, 0.1) is 5.92 Å². The van der Waals surface area contributed by atoms with Gasteiger partial charge in [0.2, 0.25) is 5.91 Å². The summed E-state index contributed by atoms with van der Waals surface area (Å²) in [6, 6.07) is 10.1. The fourth-order valence-electron chi connectivity index (χ4n) is 1.89. The predicted octanol–water partition coefficient (Wildman–Crippen LogP) is 3.72. The van der Waals surface area contributed by atoms with Gasteiger partial charge in [0.25, 0.3) is 0 Å². The average Bonchev–Trinajstić information content (AvgIpc) is 2.38. The average molecular weight is 312 g/mol. The van der Waals surface area contributed by atoms with Crippen molar-refractivity contribution in [3.05, 3.63) is 35.9 Å². The van der Waals surface area contributed by atoms with Gasteiger partial charge in [-0.2, -0.15) is 0 Å². The summed E-state index contributed by atoms with van der Waals surface area (Å²) in [6.07, 6.45) is 0.963. The highest BCUT2D eigenvalue weighted by Crippen LogP contribution is 2.16. The van der Waals surface area contributed by atoms with Gasteiger partial charge in [-0.15, -0.1) is 0 Å². The minimum Gasteiger partial charge on any atom is -0.353 e. The van der Waals surface area contributed by atoms with Crippen molar-refractivity contribution >= 4 is 21.8 Å². The van der Waals surface area contributed by atoms with Crippen LogP contribution in [0.15, 0.2) is 30.3 Å². The molecule has 0 aromatic heterocycles. The predicted molar refractivity (Wildman–Crippen MR) is 80.0 cm³/mol. The molecule has 0 heterocycles. The van der Waals surface area contributed by atoms with E-state index in [2.05, 4.69) is 35.1 Å². The van der Waals surface area contributed by atoms with Crippen LogP contribution in [0.2, 0.25) is 0 Å². The third-order valence-corrected chi connectivity index (χ3v) is 3.70. The molecular formula is C15H22BrNO. The molecule has 0 fully saturated rings. The number of amides is 1. The Hall–Kier alpha value is -0.830. The first-order chi connectivity index (χ1) is 8.56.